The molecule has 2 nitrogen and oxygen atoms in total. The number of anilines is 1. The van der Waals surface area contributed by atoms with Crippen LogP contribution in [0, 0.1) is 18.8 Å². The van der Waals surface area contributed by atoms with Gasteiger partial charge in [-0.25, -0.2) is 0 Å². The van der Waals surface area contributed by atoms with Crippen LogP contribution < -0.4 is 4.90 Å². The number of nitrogens with zero attached hydrogens (tertiary/aromatic N) is 2. The lowest BCUT2D eigenvalue weighted by atomic mass is 9.80. The summed E-state index contributed by atoms with van der Waals surface area (Å²) in [5, 5.41) is 0. The van der Waals surface area contributed by atoms with Crippen molar-refractivity contribution in [3.8, 4) is 0 Å². The third-order valence-corrected chi connectivity index (χ3v) is 6.68. The SMILES string of the molecule is CCCCC(CN(CC)c1cccc(C)c1)C1CCN(Cc2ccccc2)CC1. The van der Waals surface area contributed by atoms with Gasteiger partial charge in [0.2, 0.25) is 0 Å². The Morgan fingerprint density at radius 1 is 1.00 bits per heavy atom. The summed E-state index contributed by atoms with van der Waals surface area (Å²) in [6.45, 7) is 12.8. The van der Waals surface area contributed by atoms with E-state index in [4.69, 9.17) is 0 Å². The topological polar surface area (TPSA) is 6.48 Å². The van der Waals surface area contributed by atoms with Crippen LogP contribution in [0.2, 0.25) is 0 Å². The lowest BCUT2D eigenvalue weighted by molar-refractivity contribution is 0.137. The van der Waals surface area contributed by atoms with Gasteiger partial charge < -0.3 is 4.90 Å². The highest BCUT2D eigenvalue weighted by atomic mass is 15.1. The highest BCUT2D eigenvalue weighted by Crippen LogP contribution is 2.31. The van der Waals surface area contributed by atoms with Crippen LogP contribution in [-0.2, 0) is 6.54 Å². The van der Waals surface area contributed by atoms with Crippen molar-refractivity contribution in [1.29, 1.82) is 0 Å². The highest BCUT2D eigenvalue weighted by Gasteiger charge is 2.27. The summed E-state index contributed by atoms with van der Waals surface area (Å²) in [5.74, 6) is 1.68. The minimum absolute atomic E-state index is 0.814. The van der Waals surface area contributed by atoms with Crippen LogP contribution in [0.4, 0.5) is 5.69 Å². The van der Waals surface area contributed by atoms with Gasteiger partial charge in [-0.1, -0.05) is 62.2 Å². The molecule has 0 spiro atoms. The van der Waals surface area contributed by atoms with E-state index in [0.29, 0.717) is 0 Å². The minimum atomic E-state index is 0.814. The molecule has 1 aliphatic rings. The first-order chi connectivity index (χ1) is 14.2. The third kappa shape index (κ3) is 6.60. The zero-order valence-corrected chi connectivity index (χ0v) is 18.8. The summed E-state index contributed by atoms with van der Waals surface area (Å²) in [7, 11) is 0. The molecule has 0 aliphatic carbocycles. The predicted octanol–water partition coefficient (Wildman–Crippen LogP) is 6.54. The van der Waals surface area contributed by atoms with Crippen LogP contribution in [-0.4, -0.2) is 31.1 Å². The van der Waals surface area contributed by atoms with E-state index in [1.165, 1.54) is 68.6 Å². The molecule has 1 atom stereocenters. The molecule has 1 fully saturated rings. The fourth-order valence-corrected chi connectivity index (χ4v) is 4.89. The Kier molecular flexibility index (Phi) is 8.61. The number of aryl methyl sites for hydroxylation is 1. The van der Waals surface area contributed by atoms with E-state index in [2.05, 4.69) is 85.2 Å². The molecule has 0 amide bonds. The quantitative estimate of drug-likeness (QED) is 0.453. The largest absolute Gasteiger partial charge is 0.372 e. The van der Waals surface area contributed by atoms with Gasteiger partial charge in [-0.3, -0.25) is 4.90 Å². The van der Waals surface area contributed by atoms with Crippen LogP contribution in [0.1, 0.15) is 57.1 Å². The number of rotatable bonds is 10. The van der Waals surface area contributed by atoms with Crippen molar-refractivity contribution in [2.24, 2.45) is 11.8 Å². The van der Waals surface area contributed by atoms with Crippen molar-refractivity contribution in [2.75, 3.05) is 31.1 Å². The number of piperidine rings is 1. The van der Waals surface area contributed by atoms with Gasteiger partial charge >= 0.3 is 0 Å². The number of hydrogen-bond donors (Lipinski definition) is 0. The molecule has 29 heavy (non-hydrogen) atoms. The fourth-order valence-electron chi connectivity index (χ4n) is 4.89. The van der Waals surface area contributed by atoms with Crippen molar-refractivity contribution in [2.45, 2.75) is 59.4 Å². The first-order valence-electron chi connectivity index (χ1n) is 11.8. The molecule has 0 bridgehead atoms. The van der Waals surface area contributed by atoms with Gasteiger partial charge in [0.15, 0.2) is 0 Å². The van der Waals surface area contributed by atoms with Gasteiger partial charge in [0, 0.05) is 25.3 Å². The van der Waals surface area contributed by atoms with Crippen molar-refractivity contribution in [3.63, 3.8) is 0 Å². The molecular weight excluding hydrogens is 352 g/mol. The number of unbranched alkanes of at least 4 members (excludes halogenated alkanes) is 1. The second-order valence-electron chi connectivity index (χ2n) is 8.88. The Labute approximate surface area is 178 Å². The molecule has 1 unspecified atom stereocenters. The average Bonchev–Trinajstić information content (AvgIpc) is 2.75. The summed E-state index contributed by atoms with van der Waals surface area (Å²) < 4.78 is 0. The Morgan fingerprint density at radius 2 is 1.76 bits per heavy atom. The van der Waals surface area contributed by atoms with Crippen molar-refractivity contribution in [3.05, 3.63) is 65.7 Å². The standard InChI is InChI=1S/C27H40N2/c1-4-6-14-26(22-29(5-2)27-15-10-11-23(3)20-27)25-16-18-28(19-17-25)21-24-12-8-7-9-13-24/h7-13,15,20,25-26H,4-6,14,16-19,21-22H2,1-3H3. The van der Waals surface area contributed by atoms with Crippen LogP contribution >= 0.6 is 0 Å². The van der Waals surface area contributed by atoms with Gasteiger partial charge in [0.05, 0.1) is 0 Å². The van der Waals surface area contributed by atoms with Crippen LogP contribution in [0.5, 0.6) is 0 Å². The molecule has 2 aromatic carbocycles. The van der Waals surface area contributed by atoms with E-state index in [-0.39, 0.29) is 0 Å². The van der Waals surface area contributed by atoms with E-state index < -0.39 is 0 Å². The second-order valence-corrected chi connectivity index (χ2v) is 8.88. The summed E-state index contributed by atoms with van der Waals surface area (Å²) in [5.41, 5.74) is 4.21. The molecule has 0 aromatic heterocycles. The average molecular weight is 393 g/mol. The van der Waals surface area contributed by atoms with Gasteiger partial charge in [-0.15, -0.1) is 0 Å². The minimum Gasteiger partial charge on any atom is -0.372 e. The maximum absolute atomic E-state index is 2.65. The lowest BCUT2D eigenvalue weighted by Gasteiger charge is -2.39. The highest BCUT2D eigenvalue weighted by molar-refractivity contribution is 5.48. The second kappa shape index (κ2) is 11.4. The van der Waals surface area contributed by atoms with E-state index >= 15 is 0 Å². The summed E-state index contributed by atoms with van der Waals surface area (Å²) in [6.07, 6.45) is 6.75. The van der Waals surface area contributed by atoms with Gasteiger partial charge in [0.25, 0.3) is 0 Å². The van der Waals surface area contributed by atoms with E-state index in [9.17, 15) is 0 Å². The molecule has 1 aliphatic heterocycles. The summed E-state index contributed by atoms with van der Waals surface area (Å²) in [6, 6.07) is 20.0. The fraction of sp³-hybridized carbons (Fsp3) is 0.556. The van der Waals surface area contributed by atoms with Gasteiger partial charge in [0.1, 0.15) is 0 Å². The molecular formula is C27H40N2. The molecule has 2 heteroatoms. The van der Waals surface area contributed by atoms with Crippen LogP contribution in [0.3, 0.4) is 0 Å². The summed E-state index contributed by atoms with van der Waals surface area (Å²) >= 11 is 0. The summed E-state index contributed by atoms with van der Waals surface area (Å²) in [4.78, 5) is 5.27. The van der Waals surface area contributed by atoms with Crippen molar-refractivity contribution in [1.82, 2.24) is 4.90 Å². The van der Waals surface area contributed by atoms with Gasteiger partial charge in [-0.2, -0.15) is 0 Å². The van der Waals surface area contributed by atoms with E-state index in [0.717, 1.165) is 24.9 Å². The molecule has 3 rings (SSSR count). The van der Waals surface area contributed by atoms with Gasteiger partial charge in [-0.05, 0) is 81.3 Å². The number of likely N-dealkylation sites (tertiary alicyclic amines) is 1. The van der Waals surface area contributed by atoms with E-state index in [1.807, 2.05) is 0 Å². The van der Waals surface area contributed by atoms with Crippen LogP contribution in [0.15, 0.2) is 54.6 Å². The zero-order valence-electron chi connectivity index (χ0n) is 18.8. The molecule has 0 N–H and O–H groups in total. The number of benzene rings is 2. The Bertz CT molecular complexity index is 703. The van der Waals surface area contributed by atoms with E-state index in [1.54, 1.807) is 0 Å². The number of hydrogen-bond acceptors (Lipinski definition) is 2. The zero-order chi connectivity index (χ0) is 20.5. The molecule has 158 valence electrons. The first-order valence-corrected chi connectivity index (χ1v) is 11.8. The smallest absolute Gasteiger partial charge is 0.0368 e. The van der Waals surface area contributed by atoms with Crippen molar-refractivity contribution < 1.29 is 0 Å². The third-order valence-electron chi connectivity index (χ3n) is 6.68. The molecule has 2 aromatic rings. The Balaban J connectivity index is 1.59. The molecule has 1 heterocycles. The molecule has 0 saturated carbocycles. The Hall–Kier alpha value is -1.80. The maximum atomic E-state index is 2.65. The molecule has 0 radical (unpaired) electrons. The van der Waals surface area contributed by atoms with Crippen molar-refractivity contribution >= 4 is 5.69 Å². The van der Waals surface area contributed by atoms with Crippen LogP contribution in [0.25, 0.3) is 0 Å². The Morgan fingerprint density at radius 3 is 2.41 bits per heavy atom. The predicted molar refractivity (Wildman–Crippen MR) is 127 cm³/mol. The monoisotopic (exact) mass is 392 g/mol. The molecule has 1 saturated heterocycles. The normalized spacial score (nSPS) is 16.7. The lowest BCUT2D eigenvalue weighted by Crippen LogP contribution is -2.39. The first kappa shape index (κ1) is 21.9. The maximum Gasteiger partial charge on any atom is 0.0368 e.